The number of nitrogens with one attached hydrogen (secondary N) is 2. The van der Waals surface area contributed by atoms with Crippen LogP contribution < -0.4 is 10.0 Å². The van der Waals surface area contributed by atoms with Crippen molar-refractivity contribution in [3.05, 3.63) is 94.8 Å². The molecule has 3 aromatic rings. The number of sulfonamides is 1. The van der Waals surface area contributed by atoms with Gasteiger partial charge in [-0.25, -0.2) is 12.8 Å². The summed E-state index contributed by atoms with van der Waals surface area (Å²) in [5.41, 5.74) is 0.161. The Morgan fingerprint density at radius 3 is 2.28 bits per heavy atom. The number of aliphatic hydroxyl groups excluding tert-OH is 1. The fourth-order valence-electron chi connectivity index (χ4n) is 3.75. The molecule has 0 saturated heterocycles. The number of phenolic OH excluding ortho intramolecular Hbond substituents is 1. The van der Waals surface area contributed by atoms with Crippen LogP contribution in [0.4, 0.5) is 23.2 Å². The van der Waals surface area contributed by atoms with E-state index in [1.807, 2.05) is 12.1 Å². The lowest BCUT2D eigenvalue weighted by Crippen LogP contribution is -2.33. The molecule has 2 atom stereocenters. The molecule has 0 aliphatic heterocycles. The standard InChI is InChI=1S/C25H26F4N2O4S/c1-36(34,35)31-23-13-17(7-10-24(23)33)11-19(32)15-30-22(12-16-5-3-2-4-6-16)18-8-9-21(26)20(14-18)25(27,28)29/h2-10,13-14,19,22,30-33H,11-12,15H2,1H3/t19-,22?/m0/s1. The van der Waals surface area contributed by atoms with Gasteiger partial charge in [-0.15, -0.1) is 0 Å². The maximum absolute atomic E-state index is 13.8. The van der Waals surface area contributed by atoms with Gasteiger partial charge in [-0.3, -0.25) is 4.72 Å². The molecule has 0 radical (unpaired) electrons. The second kappa shape index (κ2) is 11.3. The molecule has 0 amide bonds. The molecule has 0 fully saturated rings. The van der Waals surface area contributed by atoms with Gasteiger partial charge in [0.15, 0.2) is 0 Å². The van der Waals surface area contributed by atoms with Crippen LogP contribution in [0.25, 0.3) is 0 Å². The molecule has 36 heavy (non-hydrogen) atoms. The number of aromatic hydroxyl groups is 1. The quantitative estimate of drug-likeness (QED) is 0.232. The van der Waals surface area contributed by atoms with E-state index in [0.717, 1.165) is 24.0 Å². The minimum atomic E-state index is -4.85. The minimum Gasteiger partial charge on any atom is -0.506 e. The molecular formula is C25H26F4N2O4S. The second-order valence-electron chi connectivity index (χ2n) is 8.47. The largest absolute Gasteiger partial charge is 0.506 e. The van der Waals surface area contributed by atoms with E-state index in [1.165, 1.54) is 24.3 Å². The number of halogens is 4. The first-order valence-electron chi connectivity index (χ1n) is 10.9. The van der Waals surface area contributed by atoms with Crippen molar-refractivity contribution in [2.75, 3.05) is 17.5 Å². The van der Waals surface area contributed by atoms with Crippen LogP contribution in [0.5, 0.6) is 5.75 Å². The third-order valence-corrected chi connectivity index (χ3v) is 6.00. The van der Waals surface area contributed by atoms with E-state index in [0.29, 0.717) is 5.56 Å². The van der Waals surface area contributed by atoms with Crippen LogP contribution in [0.1, 0.15) is 28.3 Å². The van der Waals surface area contributed by atoms with Crippen LogP contribution in [-0.2, 0) is 29.0 Å². The van der Waals surface area contributed by atoms with Crippen molar-refractivity contribution in [1.29, 1.82) is 0 Å². The van der Waals surface area contributed by atoms with Gasteiger partial charge < -0.3 is 15.5 Å². The molecule has 0 aromatic heterocycles. The highest BCUT2D eigenvalue weighted by Gasteiger charge is 2.34. The van der Waals surface area contributed by atoms with E-state index in [9.17, 15) is 36.2 Å². The highest BCUT2D eigenvalue weighted by molar-refractivity contribution is 7.92. The number of hydrogen-bond donors (Lipinski definition) is 4. The van der Waals surface area contributed by atoms with Gasteiger partial charge in [-0.05, 0) is 53.8 Å². The van der Waals surface area contributed by atoms with E-state index in [4.69, 9.17) is 0 Å². The Morgan fingerprint density at radius 2 is 1.64 bits per heavy atom. The second-order valence-corrected chi connectivity index (χ2v) is 10.2. The number of phenols is 1. The van der Waals surface area contributed by atoms with Crippen LogP contribution in [0.15, 0.2) is 66.7 Å². The van der Waals surface area contributed by atoms with Gasteiger partial charge in [0.05, 0.1) is 23.6 Å². The summed E-state index contributed by atoms with van der Waals surface area (Å²) in [6.07, 6.45) is -4.56. The molecule has 0 bridgehead atoms. The molecule has 3 rings (SSSR count). The monoisotopic (exact) mass is 526 g/mol. The number of anilines is 1. The van der Waals surface area contributed by atoms with Gasteiger partial charge in [0.1, 0.15) is 11.6 Å². The normalized spacial score (nSPS) is 13.8. The Hall–Kier alpha value is -3.15. The molecule has 4 N–H and O–H groups in total. The third-order valence-electron chi connectivity index (χ3n) is 5.41. The van der Waals surface area contributed by atoms with Gasteiger partial charge in [-0.2, -0.15) is 13.2 Å². The van der Waals surface area contributed by atoms with Crippen LogP contribution in [0, 0.1) is 5.82 Å². The summed E-state index contributed by atoms with van der Waals surface area (Å²) >= 11 is 0. The van der Waals surface area contributed by atoms with Crippen molar-refractivity contribution in [2.24, 2.45) is 0 Å². The Labute approximate surface area is 206 Å². The molecule has 0 saturated carbocycles. The van der Waals surface area contributed by atoms with Gasteiger partial charge in [0.2, 0.25) is 10.0 Å². The lowest BCUT2D eigenvalue weighted by atomic mass is 9.96. The van der Waals surface area contributed by atoms with Crippen molar-refractivity contribution >= 4 is 15.7 Å². The third kappa shape index (κ3) is 7.94. The SMILES string of the molecule is CS(=O)(=O)Nc1cc(C[C@H](O)CNC(Cc2ccccc2)c2ccc(F)c(C(F)(F)F)c2)ccc1O. The zero-order valence-corrected chi connectivity index (χ0v) is 20.1. The van der Waals surface area contributed by atoms with E-state index in [1.54, 1.807) is 18.2 Å². The van der Waals surface area contributed by atoms with Crippen LogP contribution in [0.3, 0.4) is 0 Å². The number of benzene rings is 3. The Kier molecular flexibility index (Phi) is 8.59. The van der Waals surface area contributed by atoms with Crippen molar-refractivity contribution in [2.45, 2.75) is 31.2 Å². The first kappa shape index (κ1) is 27.4. The molecule has 1 unspecified atom stereocenters. The molecule has 0 heterocycles. The number of aliphatic hydroxyl groups is 1. The molecular weight excluding hydrogens is 500 g/mol. The number of alkyl halides is 3. The highest BCUT2D eigenvalue weighted by Crippen LogP contribution is 2.33. The van der Waals surface area contributed by atoms with E-state index in [2.05, 4.69) is 10.0 Å². The molecule has 0 spiro atoms. The molecule has 11 heteroatoms. The summed E-state index contributed by atoms with van der Waals surface area (Å²) < 4.78 is 78.8. The predicted molar refractivity (Wildman–Crippen MR) is 129 cm³/mol. The molecule has 0 aliphatic rings. The van der Waals surface area contributed by atoms with E-state index >= 15 is 0 Å². The minimum absolute atomic E-state index is 0.0219. The smallest absolute Gasteiger partial charge is 0.419 e. The summed E-state index contributed by atoms with van der Waals surface area (Å²) in [6, 6.07) is 15.4. The predicted octanol–water partition coefficient (Wildman–Crippen LogP) is 4.40. The van der Waals surface area contributed by atoms with Gasteiger partial charge in [0.25, 0.3) is 0 Å². The Balaban J connectivity index is 1.78. The highest BCUT2D eigenvalue weighted by atomic mass is 32.2. The molecule has 0 aliphatic carbocycles. The van der Waals surface area contributed by atoms with E-state index in [-0.39, 0.29) is 36.4 Å². The lowest BCUT2D eigenvalue weighted by molar-refractivity contribution is -0.140. The van der Waals surface area contributed by atoms with Crippen molar-refractivity contribution in [3.8, 4) is 5.75 Å². The molecule has 6 nitrogen and oxygen atoms in total. The van der Waals surface area contributed by atoms with Crippen LogP contribution >= 0.6 is 0 Å². The zero-order valence-electron chi connectivity index (χ0n) is 19.3. The topological polar surface area (TPSA) is 98.7 Å². The van der Waals surface area contributed by atoms with Crippen molar-refractivity contribution in [1.82, 2.24) is 5.32 Å². The van der Waals surface area contributed by atoms with Crippen molar-refractivity contribution < 1.29 is 36.2 Å². The average Bonchev–Trinajstić information content (AvgIpc) is 2.78. The van der Waals surface area contributed by atoms with E-state index < -0.39 is 39.7 Å². The molecule has 194 valence electrons. The van der Waals surface area contributed by atoms with Crippen LogP contribution in [-0.4, -0.2) is 37.5 Å². The maximum Gasteiger partial charge on any atom is 0.419 e. The van der Waals surface area contributed by atoms with Crippen molar-refractivity contribution in [3.63, 3.8) is 0 Å². The Bertz CT molecular complexity index is 1280. The summed E-state index contributed by atoms with van der Waals surface area (Å²) in [5, 5.41) is 23.5. The summed E-state index contributed by atoms with van der Waals surface area (Å²) in [5.74, 6) is -1.65. The fourth-order valence-corrected chi connectivity index (χ4v) is 4.31. The fraction of sp³-hybridized carbons (Fsp3) is 0.280. The first-order valence-corrected chi connectivity index (χ1v) is 12.8. The summed E-state index contributed by atoms with van der Waals surface area (Å²) in [6.45, 7) is -0.0219. The molecule has 3 aromatic carbocycles. The summed E-state index contributed by atoms with van der Waals surface area (Å²) in [7, 11) is -3.64. The maximum atomic E-state index is 13.8. The van der Waals surface area contributed by atoms with Gasteiger partial charge >= 0.3 is 6.18 Å². The lowest BCUT2D eigenvalue weighted by Gasteiger charge is -2.23. The summed E-state index contributed by atoms with van der Waals surface area (Å²) in [4.78, 5) is 0. The Morgan fingerprint density at radius 1 is 0.944 bits per heavy atom. The zero-order chi connectivity index (χ0) is 26.5. The van der Waals surface area contributed by atoms with Gasteiger partial charge in [0, 0.05) is 12.6 Å². The van der Waals surface area contributed by atoms with Crippen LogP contribution in [0.2, 0.25) is 0 Å². The number of hydrogen-bond acceptors (Lipinski definition) is 5. The average molecular weight is 527 g/mol. The first-order chi connectivity index (χ1) is 16.8. The van der Waals surface area contributed by atoms with Gasteiger partial charge in [-0.1, -0.05) is 42.5 Å². The number of rotatable bonds is 10.